The molecule has 140 valence electrons. The van der Waals surface area contributed by atoms with E-state index in [1.165, 1.54) is 45.3 Å². The van der Waals surface area contributed by atoms with Crippen molar-refractivity contribution >= 4 is 11.8 Å². The number of anilines is 1. The maximum atomic E-state index is 4.64. The number of hydrogen-bond acceptors (Lipinski definition) is 4. The van der Waals surface area contributed by atoms with Gasteiger partial charge in [-0.2, -0.15) is 0 Å². The van der Waals surface area contributed by atoms with E-state index in [4.69, 9.17) is 0 Å². The molecule has 0 radical (unpaired) electrons. The summed E-state index contributed by atoms with van der Waals surface area (Å²) < 4.78 is 0. The number of nitrogens with zero attached hydrogens (tertiary/aromatic N) is 4. The Balaban J connectivity index is 1.77. The Hall–Kier alpha value is -1.82. The van der Waals surface area contributed by atoms with Crippen LogP contribution in [0.15, 0.2) is 23.2 Å². The monoisotopic (exact) mass is 346 g/mol. The summed E-state index contributed by atoms with van der Waals surface area (Å²) in [5.41, 5.74) is 1.02. The summed E-state index contributed by atoms with van der Waals surface area (Å²) in [5, 5.41) is 6.95. The molecular formula is C19H34N6. The van der Waals surface area contributed by atoms with Crippen molar-refractivity contribution in [3.63, 3.8) is 0 Å². The third-order valence-electron chi connectivity index (χ3n) is 4.67. The molecule has 0 aromatic carbocycles. The molecule has 0 saturated carbocycles. The van der Waals surface area contributed by atoms with E-state index in [2.05, 4.69) is 32.4 Å². The second kappa shape index (κ2) is 10.2. The first-order valence-corrected chi connectivity index (χ1v) is 9.45. The summed E-state index contributed by atoms with van der Waals surface area (Å²) in [6.45, 7) is 6.54. The Morgan fingerprint density at radius 3 is 2.72 bits per heavy atom. The quantitative estimate of drug-likeness (QED) is 0.585. The zero-order valence-electron chi connectivity index (χ0n) is 16.3. The molecule has 0 atom stereocenters. The van der Waals surface area contributed by atoms with Gasteiger partial charge in [0.2, 0.25) is 0 Å². The van der Waals surface area contributed by atoms with Gasteiger partial charge in [0, 0.05) is 40.3 Å². The lowest BCUT2D eigenvalue weighted by atomic mass is 10.0. The first-order valence-electron chi connectivity index (χ1n) is 9.45. The fourth-order valence-corrected chi connectivity index (χ4v) is 3.06. The van der Waals surface area contributed by atoms with Gasteiger partial charge in [-0.05, 0) is 37.9 Å². The summed E-state index contributed by atoms with van der Waals surface area (Å²) >= 11 is 0. The van der Waals surface area contributed by atoms with E-state index >= 15 is 0 Å². The molecule has 25 heavy (non-hydrogen) atoms. The smallest absolute Gasteiger partial charge is 0.191 e. The van der Waals surface area contributed by atoms with Crippen molar-refractivity contribution in [2.24, 2.45) is 4.99 Å². The van der Waals surface area contributed by atoms with Gasteiger partial charge in [0.25, 0.3) is 0 Å². The lowest BCUT2D eigenvalue weighted by molar-refractivity contribution is 0.203. The van der Waals surface area contributed by atoms with Gasteiger partial charge in [-0.3, -0.25) is 4.99 Å². The van der Waals surface area contributed by atoms with E-state index in [-0.39, 0.29) is 0 Å². The van der Waals surface area contributed by atoms with Crippen LogP contribution in [-0.4, -0.2) is 62.7 Å². The highest BCUT2D eigenvalue weighted by molar-refractivity contribution is 5.79. The van der Waals surface area contributed by atoms with Crippen LogP contribution >= 0.6 is 0 Å². The highest BCUT2D eigenvalue weighted by Crippen LogP contribution is 2.11. The zero-order chi connectivity index (χ0) is 18.1. The van der Waals surface area contributed by atoms with Gasteiger partial charge < -0.3 is 20.4 Å². The fourth-order valence-electron chi connectivity index (χ4n) is 3.06. The Morgan fingerprint density at radius 1 is 1.32 bits per heavy atom. The Kier molecular flexibility index (Phi) is 7.98. The van der Waals surface area contributed by atoms with Crippen molar-refractivity contribution in [1.29, 1.82) is 0 Å². The molecule has 0 spiro atoms. The largest absolute Gasteiger partial charge is 0.363 e. The Morgan fingerprint density at radius 2 is 2.08 bits per heavy atom. The second-order valence-corrected chi connectivity index (χ2v) is 6.92. The van der Waals surface area contributed by atoms with Crippen LogP contribution in [0.5, 0.6) is 0 Å². The summed E-state index contributed by atoms with van der Waals surface area (Å²) in [6.07, 6.45) is 4.94. The molecule has 1 aliphatic rings. The van der Waals surface area contributed by atoms with Crippen LogP contribution in [0.4, 0.5) is 5.82 Å². The van der Waals surface area contributed by atoms with E-state index in [9.17, 15) is 0 Å². The van der Waals surface area contributed by atoms with E-state index in [0.29, 0.717) is 12.6 Å². The second-order valence-electron chi connectivity index (χ2n) is 6.92. The van der Waals surface area contributed by atoms with E-state index in [0.717, 1.165) is 17.5 Å². The number of unbranched alkanes of at least 4 members (excludes halogenated alkanes) is 1. The van der Waals surface area contributed by atoms with Crippen LogP contribution in [0.25, 0.3) is 0 Å². The molecule has 1 aliphatic heterocycles. The van der Waals surface area contributed by atoms with Crippen molar-refractivity contribution in [1.82, 2.24) is 20.5 Å². The minimum Gasteiger partial charge on any atom is -0.363 e. The Labute approximate surface area is 152 Å². The van der Waals surface area contributed by atoms with E-state index in [1.807, 2.05) is 44.2 Å². The van der Waals surface area contributed by atoms with Crippen LogP contribution < -0.4 is 15.5 Å². The number of pyridine rings is 1. The molecule has 2 heterocycles. The summed E-state index contributed by atoms with van der Waals surface area (Å²) in [4.78, 5) is 13.6. The molecule has 6 nitrogen and oxygen atoms in total. The van der Waals surface area contributed by atoms with Crippen molar-refractivity contribution in [2.45, 2.75) is 45.2 Å². The molecule has 2 N–H and O–H groups in total. The number of aromatic nitrogens is 1. The summed E-state index contributed by atoms with van der Waals surface area (Å²) in [5.74, 6) is 1.84. The number of hydrogen-bond donors (Lipinski definition) is 2. The van der Waals surface area contributed by atoms with E-state index in [1.54, 1.807) is 0 Å². The highest BCUT2D eigenvalue weighted by atomic mass is 15.2. The lowest BCUT2D eigenvalue weighted by Crippen LogP contribution is -2.48. The van der Waals surface area contributed by atoms with Gasteiger partial charge in [-0.1, -0.05) is 19.4 Å². The maximum absolute atomic E-state index is 4.64. The highest BCUT2D eigenvalue weighted by Gasteiger charge is 2.19. The first-order chi connectivity index (χ1) is 12.1. The molecule has 1 fully saturated rings. The zero-order valence-corrected chi connectivity index (χ0v) is 16.3. The molecule has 2 rings (SSSR count). The molecule has 0 amide bonds. The van der Waals surface area contributed by atoms with Gasteiger partial charge in [-0.25, -0.2) is 4.98 Å². The first kappa shape index (κ1) is 19.5. The van der Waals surface area contributed by atoms with Crippen molar-refractivity contribution < 1.29 is 0 Å². The van der Waals surface area contributed by atoms with Crippen molar-refractivity contribution in [3.8, 4) is 0 Å². The van der Waals surface area contributed by atoms with Gasteiger partial charge in [0.05, 0.1) is 12.2 Å². The van der Waals surface area contributed by atoms with Crippen LogP contribution in [0, 0.1) is 0 Å². The maximum Gasteiger partial charge on any atom is 0.191 e. The number of piperidine rings is 1. The van der Waals surface area contributed by atoms with Crippen LogP contribution in [0.3, 0.4) is 0 Å². The minimum atomic E-state index is 0.505. The summed E-state index contributed by atoms with van der Waals surface area (Å²) in [7, 11) is 5.84. The minimum absolute atomic E-state index is 0.505. The van der Waals surface area contributed by atoms with Crippen LogP contribution in [0.2, 0.25) is 0 Å². The van der Waals surface area contributed by atoms with Crippen LogP contribution in [-0.2, 0) is 6.54 Å². The molecule has 1 aromatic rings. The average molecular weight is 347 g/mol. The van der Waals surface area contributed by atoms with Gasteiger partial charge in [-0.15, -0.1) is 0 Å². The number of aliphatic imine (C=N–C) groups is 1. The van der Waals surface area contributed by atoms with Crippen molar-refractivity contribution in [3.05, 3.63) is 23.9 Å². The normalized spacial score (nSPS) is 16.7. The van der Waals surface area contributed by atoms with Gasteiger partial charge in [0.15, 0.2) is 5.96 Å². The molecule has 0 aliphatic carbocycles. The lowest BCUT2D eigenvalue weighted by Gasteiger charge is -2.33. The van der Waals surface area contributed by atoms with Gasteiger partial charge >= 0.3 is 0 Å². The molecule has 6 heteroatoms. The molecule has 1 aromatic heterocycles. The number of likely N-dealkylation sites (tertiary alicyclic amines) is 1. The average Bonchev–Trinajstić information content (AvgIpc) is 2.64. The third-order valence-corrected chi connectivity index (χ3v) is 4.67. The SMILES string of the molecule is CCCCN1CCC(NC(=NC)NCc2cccc(N(C)C)n2)CC1. The van der Waals surface area contributed by atoms with E-state index < -0.39 is 0 Å². The number of guanidine groups is 1. The Bertz CT molecular complexity index is 534. The molecule has 1 saturated heterocycles. The molecular weight excluding hydrogens is 312 g/mol. The number of nitrogens with one attached hydrogen (secondary N) is 2. The van der Waals surface area contributed by atoms with Crippen molar-refractivity contribution in [2.75, 3.05) is 45.7 Å². The molecule has 0 bridgehead atoms. The predicted molar refractivity (Wildman–Crippen MR) is 106 cm³/mol. The number of rotatable bonds is 7. The topological polar surface area (TPSA) is 55.8 Å². The summed E-state index contributed by atoms with van der Waals surface area (Å²) in [6, 6.07) is 6.61. The van der Waals surface area contributed by atoms with Crippen LogP contribution in [0.1, 0.15) is 38.3 Å². The standard InChI is InChI=1S/C19H34N6/c1-5-6-12-25-13-10-16(11-14-25)23-19(20-2)21-15-17-8-7-9-18(22-17)24(3)4/h7-9,16H,5-6,10-15H2,1-4H3,(H2,20,21,23). The predicted octanol–water partition coefficient (Wildman–Crippen LogP) is 2.08. The molecule has 0 unspecified atom stereocenters. The van der Waals surface area contributed by atoms with Gasteiger partial charge in [0.1, 0.15) is 5.82 Å². The third kappa shape index (κ3) is 6.53. The fraction of sp³-hybridized carbons (Fsp3) is 0.684.